The van der Waals surface area contributed by atoms with E-state index in [9.17, 15) is 15.4 Å². The van der Waals surface area contributed by atoms with Gasteiger partial charge >= 0.3 is 0 Å². The maximum absolute atomic E-state index is 11.0. The van der Waals surface area contributed by atoms with E-state index in [0.29, 0.717) is 28.5 Å². The molecule has 0 saturated carbocycles. The summed E-state index contributed by atoms with van der Waals surface area (Å²) >= 11 is 0. The lowest BCUT2D eigenvalue weighted by molar-refractivity contribution is -0.384. The number of nitrogens with zero attached hydrogens (tertiary/aromatic N) is 3. The van der Waals surface area contributed by atoms with E-state index < -0.39 is 4.92 Å². The third kappa shape index (κ3) is 3.15. The molecule has 7 nitrogen and oxygen atoms in total. The van der Waals surface area contributed by atoms with Crippen molar-refractivity contribution in [2.45, 2.75) is 6.92 Å². The average Bonchev–Trinajstić information content (AvgIpc) is 3.33. The second-order valence-electron chi connectivity index (χ2n) is 6.23. The van der Waals surface area contributed by atoms with Crippen molar-refractivity contribution in [1.29, 1.82) is 5.26 Å². The molecule has 1 N–H and O–H groups in total. The Balaban J connectivity index is 1.71. The summed E-state index contributed by atoms with van der Waals surface area (Å²) < 4.78 is 5.82. The number of benzene rings is 2. The number of nitro groups is 1. The number of nitriles is 1. The fraction of sp³-hybridized carbons (Fsp3) is 0.0476. The quantitative estimate of drug-likeness (QED) is 0.305. The Kier molecular flexibility index (Phi) is 4.22. The van der Waals surface area contributed by atoms with E-state index in [0.717, 1.165) is 16.6 Å². The summed E-state index contributed by atoms with van der Waals surface area (Å²) in [7, 11) is 0. The summed E-state index contributed by atoms with van der Waals surface area (Å²) in [6.45, 7) is 1.85. The molecule has 0 amide bonds. The molecule has 0 atom stereocenters. The monoisotopic (exact) mass is 370 g/mol. The molecule has 2 aromatic heterocycles. The van der Waals surface area contributed by atoms with Crippen LogP contribution in [0.3, 0.4) is 0 Å². The van der Waals surface area contributed by atoms with E-state index in [4.69, 9.17) is 4.42 Å². The molecule has 7 heteroatoms. The van der Waals surface area contributed by atoms with Gasteiger partial charge in [0, 0.05) is 23.8 Å². The summed E-state index contributed by atoms with van der Waals surface area (Å²) in [6.07, 6.45) is 1.59. The number of H-pyrrole nitrogens is 1. The molecule has 0 spiro atoms. The van der Waals surface area contributed by atoms with Crippen LogP contribution in [0.1, 0.15) is 17.1 Å². The number of rotatable bonds is 4. The Hall–Kier alpha value is -4.18. The molecule has 0 radical (unpaired) electrons. The maximum Gasteiger partial charge on any atom is 0.270 e. The Morgan fingerprint density at radius 2 is 2.07 bits per heavy atom. The lowest BCUT2D eigenvalue weighted by Gasteiger charge is -2.02. The SMILES string of the molecule is Cc1ccc([N+](=O)[O-])cc1-c1ccc(C=C(C#N)c2nc3ccccc3[nH]2)o1. The van der Waals surface area contributed by atoms with Crippen LogP contribution >= 0.6 is 0 Å². The number of nitro benzene ring substituents is 1. The van der Waals surface area contributed by atoms with Crippen LogP contribution in [-0.4, -0.2) is 14.9 Å². The van der Waals surface area contributed by atoms with E-state index >= 15 is 0 Å². The molecule has 4 aromatic rings. The van der Waals surface area contributed by atoms with Crippen molar-refractivity contribution < 1.29 is 9.34 Å². The molecule has 0 aliphatic carbocycles. The van der Waals surface area contributed by atoms with Crippen LogP contribution < -0.4 is 0 Å². The fourth-order valence-corrected chi connectivity index (χ4v) is 2.94. The van der Waals surface area contributed by atoms with Gasteiger partial charge in [-0.3, -0.25) is 10.1 Å². The van der Waals surface area contributed by atoms with Crippen LogP contribution in [-0.2, 0) is 0 Å². The predicted octanol–water partition coefficient (Wildman–Crippen LogP) is 5.10. The molecule has 0 saturated heterocycles. The van der Waals surface area contributed by atoms with Crippen molar-refractivity contribution in [1.82, 2.24) is 9.97 Å². The van der Waals surface area contributed by atoms with Crippen LogP contribution in [0.15, 0.2) is 59.0 Å². The number of fused-ring (bicyclic) bond motifs is 1. The Morgan fingerprint density at radius 3 is 2.82 bits per heavy atom. The van der Waals surface area contributed by atoms with Crippen LogP contribution in [0.4, 0.5) is 5.69 Å². The second-order valence-corrected chi connectivity index (χ2v) is 6.23. The van der Waals surface area contributed by atoms with Crippen molar-refractivity contribution in [2.75, 3.05) is 0 Å². The molecule has 0 bridgehead atoms. The van der Waals surface area contributed by atoms with Crippen molar-refractivity contribution in [3.8, 4) is 17.4 Å². The van der Waals surface area contributed by atoms with Crippen molar-refractivity contribution in [3.05, 3.63) is 81.9 Å². The first kappa shape index (κ1) is 17.2. The third-order valence-electron chi connectivity index (χ3n) is 4.38. The topological polar surface area (TPSA) is 109 Å². The fourth-order valence-electron chi connectivity index (χ4n) is 2.94. The number of non-ortho nitro benzene ring substituents is 1. The van der Waals surface area contributed by atoms with Gasteiger partial charge in [-0.1, -0.05) is 18.2 Å². The highest BCUT2D eigenvalue weighted by molar-refractivity contribution is 5.89. The van der Waals surface area contributed by atoms with Gasteiger partial charge < -0.3 is 9.40 Å². The van der Waals surface area contributed by atoms with Gasteiger partial charge in [0.15, 0.2) is 0 Å². The standard InChI is InChI=1S/C21H14N4O3/c1-13-6-7-15(25(26)27)11-17(13)20-9-8-16(28-20)10-14(12-22)21-23-18-4-2-3-5-19(18)24-21/h2-11H,1H3,(H,23,24). The maximum atomic E-state index is 11.0. The minimum atomic E-state index is -0.442. The molecule has 0 fully saturated rings. The summed E-state index contributed by atoms with van der Waals surface area (Å²) in [5.74, 6) is 1.40. The lowest BCUT2D eigenvalue weighted by atomic mass is 10.1. The highest BCUT2D eigenvalue weighted by atomic mass is 16.6. The van der Waals surface area contributed by atoms with Crippen LogP contribution in [0.5, 0.6) is 0 Å². The minimum absolute atomic E-state index is 0.00548. The van der Waals surface area contributed by atoms with Gasteiger partial charge in [-0.15, -0.1) is 0 Å². The van der Waals surface area contributed by atoms with Crippen LogP contribution in [0.2, 0.25) is 0 Å². The first-order valence-corrected chi connectivity index (χ1v) is 8.47. The third-order valence-corrected chi connectivity index (χ3v) is 4.38. The number of para-hydroxylation sites is 2. The summed E-state index contributed by atoms with van der Waals surface area (Å²) in [5.41, 5.74) is 3.42. The van der Waals surface area contributed by atoms with Crippen molar-refractivity contribution in [2.24, 2.45) is 0 Å². The van der Waals surface area contributed by atoms with E-state index in [2.05, 4.69) is 16.0 Å². The molecule has 0 aliphatic rings. The molecular weight excluding hydrogens is 356 g/mol. The number of furan rings is 1. The predicted molar refractivity (Wildman–Crippen MR) is 105 cm³/mol. The largest absolute Gasteiger partial charge is 0.457 e. The molecule has 4 rings (SSSR count). The molecule has 0 aliphatic heterocycles. The zero-order valence-corrected chi connectivity index (χ0v) is 14.8. The van der Waals surface area contributed by atoms with E-state index in [1.807, 2.05) is 31.2 Å². The number of aromatic nitrogens is 2. The zero-order chi connectivity index (χ0) is 19.7. The van der Waals surface area contributed by atoms with Gasteiger partial charge in [-0.2, -0.15) is 5.26 Å². The summed E-state index contributed by atoms with van der Waals surface area (Å²) in [6, 6.07) is 17.7. The first-order valence-electron chi connectivity index (χ1n) is 8.47. The molecule has 0 unspecified atom stereocenters. The van der Waals surface area contributed by atoms with E-state index in [1.54, 1.807) is 24.3 Å². The molecule has 2 aromatic carbocycles. The molecule has 136 valence electrons. The van der Waals surface area contributed by atoms with Gasteiger partial charge in [-0.25, -0.2) is 4.98 Å². The Labute approximate surface area is 159 Å². The van der Waals surface area contributed by atoms with Crippen molar-refractivity contribution in [3.63, 3.8) is 0 Å². The number of aromatic amines is 1. The van der Waals surface area contributed by atoms with Crippen LogP contribution in [0, 0.1) is 28.4 Å². The zero-order valence-electron chi connectivity index (χ0n) is 14.8. The number of nitrogens with one attached hydrogen (secondary N) is 1. The smallest absolute Gasteiger partial charge is 0.270 e. The highest BCUT2D eigenvalue weighted by Crippen LogP contribution is 2.30. The number of hydrogen-bond acceptors (Lipinski definition) is 5. The average molecular weight is 370 g/mol. The lowest BCUT2D eigenvalue weighted by Crippen LogP contribution is -1.89. The van der Waals surface area contributed by atoms with Gasteiger partial charge in [0.2, 0.25) is 0 Å². The van der Waals surface area contributed by atoms with E-state index in [-0.39, 0.29) is 5.69 Å². The second kappa shape index (κ2) is 6.85. The number of imidazole rings is 1. The van der Waals surface area contributed by atoms with Gasteiger partial charge in [0.25, 0.3) is 5.69 Å². The number of hydrogen-bond donors (Lipinski definition) is 1. The number of aryl methyl sites for hydroxylation is 1. The van der Waals surface area contributed by atoms with E-state index in [1.165, 1.54) is 12.1 Å². The van der Waals surface area contributed by atoms with Gasteiger partial charge in [-0.05, 0) is 36.8 Å². The minimum Gasteiger partial charge on any atom is -0.457 e. The summed E-state index contributed by atoms with van der Waals surface area (Å²) in [4.78, 5) is 18.1. The normalized spacial score (nSPS) is 11.5. The van der Waals surface area contributed by atoms with Crippen LogP contribution in [0.25, 0.3) is 34.0 Å². The number of allylic oxidation sites excluding steroid dienone is 1. The molecule has 2 heterocycles. The molecule has 28 heavy (non-hydrogen) atoms. The molecular formula is C21H14N4O3. The Bertz CT molecular complexity index is 1240. The first-order chi connectivity index (χ1) is 13.5. The van der Waals surface area contributed by atoms with Gasteiger partial charge in [0.05, 0.1) is 21.5 Å². The highest BCUT2D eigenvalue weighted by Gasteiger charge is 2.14. The van der Waals surface area contributed by atoms with Gasteiger partial charge in [0.1, 0.15) is 23.4 Å². The van der Waals surface area contributed by atoms with Crippen molar-refractivity contribution >= 4 is 28.4 Å². The Morgan fingerprint density at radius 1 is 1.25 bits per heavy atom. The summed E-state index contributed by atoms with van der Waals surface area (Å²) in [5, 5.41) is 20.6.